The van der Waals surface area contributed by atoms with E-state index in [-0.39, 0.29) is 38.2 Å². The van der Waals surface area contributed by atoms with Gasteiger partial charge in [0.2, 0.25) is 35.4 Å². The number of carboxylic acids is 1. The van der Waals surface area contributed by atoms with Gasteiger partial charge in [-0.15, -0.1) is 0 Å². The van der Waals surface area contributed by atoms with Crippen LogP contribution < -0.4 is 48.7 Å². The summed E-state index contributed by atoms with van der Waals surface area (Å²) in [5.74, 6) is -6.42. The normalized spacial score (nSPS) is 13.5. The average molecular weight is 780 g/mol. The molecule has 0 spiro atoms. The molecule has 20 heteroatoms. The van der Waals surface area contributed by atoms with Gasteiger partial charge < -0.3 is 63.9 Å². The molecule has 5 atom stereocenters. The Balaban J connectivity index is 1.57. The molecule has 15 N–H and O–H groups in total. The summed E-state index contributed by atoms with van der Waals surface area (Å²) in [5.41, 5.74) is 13.1. The van der Waals surface area contributed by atoms with Crippen LogP contribution in [0.1, 0.15) is 30.9 Å². The van der Waals surface area contributed by atoms with Crippen LogP contribution in [0.5, 0.6) is 0 Å². The van der Waals surface area contributed by atoms with Gasteiger partial charge in [0.25, 0.3) is 0 Å². The van der Waals surface area contributed by atoms with Gasteiger partial charge in [-0.2, -0.15) is 0 Å². The number of hydrogen-bond acceptors (Lipinski definition) is 10. The molecule has 0 saturated heterocycles. The number of para-hydroxylation sites is 1. The lowest BCUT2D eigenvalue weighted by molar-refractivity contribution is -0.141. The molecule has 0 aliphatic rings. The van der Waals surface area contributed by atoms with Crippen LogP contribution >= 0.6 is 0 Å². The first-order valence-corrected chi connectivity index (χ1v) is 17.7. The second-order valence-electron chi connectivity index (χ2n) is 12.8. The van der Waals surface area contributed by atoms with Crippen molar-refractivity contribution >= 4 is 58.3 Å². The highest BCUT2D eigenvalue weighted by molar-refractivity contribution is 5.95. The third-order valence-electron chi connectivity index (χ3n) is 8.36. The monoisotopic (exact) mass is 779 g/mol. The van der Waals surface area contributed by atoms with Crippen molar-refractivity contribution in [2.75, 3.05) is 26.2 Å². The fourth-order valence-corrected chi connectivity index (χ4v) is 5.42. The smallest absolute Gasteiger partial charge is 0.326 e. The van der Waals surface area contributed by atoms with E-state index in [9.17, 15) is 43.8 Å². The molecular weight excluding hydrogens is 730 g/mol. The Kier molecular flexibility index (Phi) is 17.2. The number of carbonyl (C=O) groups is 7. The minimum Gasteiger partial charge on any atom is -0.480 e. The second kappa shape index (κ2) is 22.0. The molecule has 302 valence electrons. The van der Waals surface area contributed by atoms with E-state index < -0.39 is 91.3 Å². The molecule has 2 aromatic carbocycles. The number of benzene rings is 2. The van der Waals surface area contributed by atoms with Gasteiger partial charge in [-0.05, 0) is 37.0 Å². The van der Waals surface area contributed by atoms with Gasteiger partial charge in [-0.3, -0.25) is 34.2 Å². The number of aliphatic carboxylic acids is 1. The van der Waals surface area contributed by atoms with E-state index >= 15 is 0 Å². The Morgan fingerprint density at radius 1 is 0.732 bits per heavy atom. The van der Waals surface area contributed by atoms with E-state index in [0.717, 1.165) is 10.9 Å². The molecule has 1 heterocycles. The van der Waals surface area contributed by atoms with Gasteiger partial charge >= 0.3 is 5.97 Å². The maximum atomic E-state index is 13.2. The maximum absolute atomic E-state index is 13.2. The quantitative estimate of drug-likeness (QED) is 0.0273. The van der Waals surface area contributed by atoms with Crippen LogP contribution in [-0.2, 0) is 46.4 Å². The summed E-state index contributed by atoms with van der Waals surface area (Å²) in [5, 5.41) is 44.7. The minimum atomic E-state index is -1.53. The van der Waals surface area contributed by atoms with Crippen molar-refractivity contribution in [1.29, 1.82) is 5.41 Å². The standard InChI is InChI=1S/C36H49N11O9/c1-20(37)31(51)46-26(14-21-8-3-2-4-9-21)34(54)47-28(19-48)33(53)43-17-29(49)44-25(12-7-13-40-36(38)39)32(52)42-18-30(50)45-27(35(55)56)15-22-16-41-24-11-6-5-10-23(22)24/h2-6,8-11,16,20,25-28,41,48H,7,12-15,17-19,37H2,1H3,(H,42,52)(H,43,53)(H,44,49)(H,45,50)(H,46,51)(H,47,54)(H,55,56)(H4,38,39,40)/t20-,25-,26-,27-,28-/m0/s1. The summed E-state index contributed by atoms with van der Waals surface area (Å²) < 4.78 is 0. The zero-order valence-corrected chi connectivity index (χ0v) is 30.7. The molecule has 0 saturated carbocycles. The average Bonchev–Trinajstić information content (AvgIpc) is 3.58. The van der Waals surface area contributed by atoms with Crippen LogP contribution in [0.2, 0.25) is 0 Å². The fraction of sp³-hybridized carbons (Fsp3) is 0.389. The molecule has 0 unspecified atom stereocenters. The van der Waals surface area contributed by atoms with Gasteiger partial charge in [0.05, 0.1) is 25.7 Å². The van der Waals surface area contributed by atoms with E-state index in [4.69, 9.17) is 16.9 Å². The van der Waals surface area contributed by atoms with Crippen molar-refractivity contribution in [2.45, 2.75) is 62.8 Å². The highest BCUT2D eigenvalue weighted by Gasteiger charge is 2.29. The van der Waals surface area contributed by atoms with E-state index in [0.29, 0.717) is 11.1 Å². The number of rotatable bonds is 22. The van der Waals surface area contributed by atoms with Crippen LogP contribution in [-0.4, -0.2) is 119 Å². The van der Waals surface area contributed by atoms with Crippen molar-refractivity contribution in [3.63, 3.8) is 0 Å². The molecule has 0 radical (unpaired) electrons. The Hall–Kier alpha value is -6.54. The van der Waals surface area contributed by atoms with Crippen LogP contribution in [0.25, 0.3) is 10.9 Å². The second-order valence-corrected chi connectivity index (χ2v) is 12.8. The van der Waals surface area contributed by atoms with Crippen LogP contribution in [0.3, 0.4) is 0 Å². The summed E-state index contributed by atoms with van der Waals surface area (Å²) in [6, 6.07) is 9.80. The Bertz CT molecular complexity index is 1850. The summed E-state index contributed by atoms with van der Waals surface area (Å²) >= 11 is 0. The highest BCUT2D eigenvalue weighted by atomic mass is 16.4. The third kappa shape index (κ3) is 14.4. The molecule has 0 bridgehead atoms. The molecule has 3 aromatic rings. The van der Waals surface area contributed by atoms with Crippen molar-refractivity contribution < 1.29 is 43.8 Å². The topological polar surface area (TPSA) is 336 Å². The number of nitrogens with one attached hydrogen (secondary N) is 9. The minimum absolute atomic E-state index is 0.00298. The summed E-state index contributed by atoms with van der Waals surface area (Å²) in [4.78, 5) is 92.2. The number of H-pyrrole nitrogens is 1. The first-order chi connectivity index (χ1) is 26.7. The van der Waals surface area contributed by atoms with Gasteiger partial charge in [0, 0.05) is 36.5 Å². The van der Waals surface area contributed by atoms with Crippen molar-refractivity contribution in [2.24, 2.45) is 11.5 Å². The highest BCUT2D eigenvalue weighted by Crippen LogP contribution is 2.19. The number of carbonyl (C=O) groups excluding carboxylic acids is 6. The number of carboxylic acid groups (broad SMARTS) is 1. The Morgan fingerprint density at radius 2 is 1.32 bits per heavy atom. The molecule has 20 nitrogen and oxygen atoms in total. The summed E-state index contributed by atoms with van der Waals surface area (Å²) in [6.45, 7) is -0.586. The number of aliphatic hydroxyl groups is 1. The molecule has 0 fully saturated rings. The van der Waals surface area contributed by atoms with Crippen LogP contribution in [0.4, 0.5) is 0 Å². The molecule has 0 aliphatic carbocycles. The SMILES string of the molecule is C[C@H](N)C(=O)N[C@@H](Cc1ccccc1)C(=O)N[C@@H](CO)C(=O)NCC(=O)N[C@@H](CCCNC(=N)N)C(=O)NCC(=O)N[C@@H](Cc1c[nH]c2ccccc12)C(=O)O. The lowest BCUT2D eigenvalue weighted by Crippen LogP contribution is -2.58. The van der Waals surface area contributed by atoms with Crippen LogP contribution in [0, 0.1) is 5.41 Å². The first kappa shape index (κ1) is 43.9. The van der Waals surface area contributed by atoms with E-state index in [2.05, 4.69) is 42.2 Å². The van der Waals surface area contributed by atoms with Gasteiger partial charge in [0.1, 0.15) is 24.2 Å². The molecule has 3 rings (SSSR count). The van der Waals surface area contributed by atoms with Crippen molar-refractivity contribution in [3.8, 4) is 0 Å². The number of aromatic amines is 1. The predicted octanol–water partition coefficient (Wildman–Crippen LogP) is -3.19. The van der Waals surface area contributed by atoms with Gasteiger partial charge in [-0.25, -0.2) is 4.79 Å². The fourth-order valence-electron chi connectivity index (χ4n) is 5.42. The van der Waals surface area contributed by atoms with Crippen molar-refractivity contribution in [1.82, 2.24) is 42.2 Å². The number of aromatic nitrogens is 1. The van der Waals surface area contributed by atoms with Gasteiger partial charge in [-0.1, -0.05) is 48.5 Å². The largest absolute Gasteiger partial charge is 0.480 e. The first-order valence-electron chi connectivity index (χ1n) is 17.7. The molecular formula is C36H49N11O9. The Morgan fingerprint density at radius 3 is 1.93 bits per heavy atom. The number of guanidine groups is 1. The number of fused-ring (bicyclic) bond motifs is 1. The molecule has 6 amide bonds. The van der Waals surface area contributed by atoms with E-state index in [1.165, 1.54) is 6.92 Å². The van der Waals surface area contributed by atoms with Gasteiger partial charge in [0.15, 0.2) is 5.96 Å². The zero-order valence-electron chi connectivity index (χ0n) is 30.7. The molecule has 0 aliphatic heterocycles. The number of nitrogens with two attached hydrogens (primary N) is 2. The Labute approximate surface area is 321 Å². The van der Waals surface area contributed by atoms with E-state index in [1.807, 2.05) is 18.2 Å². The third-order valence-corrected chi connectivity index (χ3v) is 8.36. The number of hydrogen-bond donors (Lipinski definition) is 13. The zero-order chi connectivity index (χ0) is 41.2. The molecule has 56 heavy (non-hydrogen) atoms. The van der Waals surface area contributed by atoms with Crippen LogP contribution in [0.15, 0.2) is 60.8 Å². The molecule has 1 aromatic heterocycles. The summed E-state index contributed by atoms with van der Waals surface area (Å²) in [6.07, 6.45) is 1.89. The lowest BCUT2D eigenvalue weighted by Gasteiger charge is -2.23. The maximum Gasteiger partial charge on any atom is 0.326 e. The number of aliphatic hydroxyl groups excluding tert-OH is 1. The predicted molar refractivity (Wildman–Crippen MR) is 203 cm³/mol. The van der Waals surface area contributed by atoms with Crippen molar-refractivity contribution in [3.05, 3.63) is 71.9 Å². The van der Waals surface area contributed by atoms with E-state index in [1.54, 1.807) is 42.6 Å². The lowest BCUT2D eigenvalue weighted by atomic mass is 10.0. The number of amides is 6. The summed E-state index contributed by atoms with van der Waals surface area (Å²) in [7, 11) is 0.